The summed E-state index contributed by atoms with van der Waals surface area (Å²) in [7, 11) is 1.98. The molecule has 2 rings (SSSR count). The number of nitrogens with two attached hydrogens (primary N) is 1. The minimum absolute atomic E-state index is 0.293. The lowest BCUT2D eigenvalue weighted by molar-refractivity contribution is 0.0995. The fraction of sp³-hybridized carbons (Fsp3) is 0.231. The number of aryl methyl sites for hydroxylation is 1. The molecular weight excluding hydrogens is 246 g/mol. The second kappa shape index (κ2) is 5.18. The first-order valence-electron chi connectivity index (χ1n) is 5.58. The van der Waals surface area contributed by atoms with Gasteiger partial charge in [-0.25, -0.2) is 0 Å². The summed E-state index contributed by atoms with van der Waals surface area (Å²) >= 11 is 1.77. The van der Waals surface area contributed by atoms with E-state index in [1.165, 1.54) is 9.75 Å². The number of primary amides is 1. The van der Waals surface area contributed by atoms with E-state index in [0.717, 1.165) is 12.2 Å². The number of aromatic nitrogens is 1. The van der Waals surface area contributed by atoms with Gasteiger partial charge in [0.25, 0.3) is 5.91 Å². The van der Waals surface area contributed by atoms with Crippen molar-refractivity contribution in [1.82, 2.24) is 4.98 Å². The molecule has 2 heterocycles. The Labute approximate surface area is 110 Å². The van der Waals surface area contributed by atoms with Crippen molar-refractivity contribution in [2.75, 3.05) is 11.9 Å². The summed E-state index contributed by atoms with van der Waals surface area (Å²) in [6.07, 6.45) is 1.60. The van der Waals surface area contributed by atoms with E-state index in [-0.39, 0.29) is 0 Å². The van der Waals surface area contributed by atoms with Crippen LogP contribution in [0.1, 0.15) is 20.2 Å². The number of pyridine rings is 1. The van der Waals surface area contributed by atoms with Crippen molar-refractivity contribution in [2.24, 2.45) is 5.73 Å². The van der Waals surface area contributed by atoms with Crippen molar-refractivity contribution in [2.45, 2.75) is 13.5 Å². The zero-order chi connectivity index (χ0) is 13.1. The summed E-state index contributed by atoms with van der Waals surface area (Å²) in [4.78, 5) is 19.7. The average molecular weight is 261 g/mol. The summed E-state index contributed by atoms with van der Waals surface area (Å²) < 4.78 is 0. The Kier molecular flexibility index (Phi) is 3.62. The van der Waals surface area contributed by atoms with Crippen molar-refractivity contribution in [3.05, 3.63) is 45.9 Å². The van der Waals surface area contributed by atoms with Crippen LogP contribution in [0.4, 0.5) is 5.69 Å². The molecule has 2 aromatic rings. The van der Waals surface area contributed by atoms with Crippen LogP contribution in [0.15, 0.2) is 30.5 Å². The maximum atomic E-state index is 11.1. The fourth-order valence-electron chi connectivity index (χ4n) is 1.69. The van der Waals surface area contributed by atoms with Crippen molar-refractivity contribution in [3.8, 4) is 0 Å². The third-order valence-electron chi connectivity index (χ3n) is 2.63. The Bertz CT molecular complexity index is 565. The molecule has 0 aliphatic heterocycles. The third kappa shape index (κ3) is 2.87. The molecule has 0 fully saturated rings. The zero-order valence-corrected chi connectivity index (χ0v) is 11.2. The molecule has 2 aromatic heterocycles. The molecule has 5 heteroatoms. The molecule has 2 N–H and O–H groups in total. The average Bonchev–Trinajstić information content (AvgIpc) is 2.75. The topological polar surface area (TPSA) is 59.2 Å². The first-order valence-corrected chi connectivity index (χ1v) is 6.40. The van der Waals surface area contributed by atoms with Gasteiger partial charge in [0.2, 0.25) is 0 Å². The molecule has 1 amide bonds. The molecule has 94 valence electrons. The van der Waals surface area contributed by atoms with Crippen molar-refractivity contribution < 1.29 is 4.79 Å². The van der Waals surface area contributed by atoms with Gasteiger partial charge in [0, 0.05) is 28.7 Å². The lowest BCUT2D eigenvalue weighted by Crippen LogP contribution is -2.18. The number of rotatable bonds is 4. The van der Waals surface area contributed by atoms with E-state index >= 15 is 0 Å². The van der Waals surface area contributed by atoms with Crippen LogP contribution in [0.5, 0.6) is 0 Å². The third-order valence-corrected chi connectivity index (χ3v) is 3.61. The predicted octanol–water partition coefficient (Wildman–Crippen LogP) is 2.19. The molecule has 4 nitrogen and oxygen atoms in total. The van der Waals surface area contributed by atoms with Crippen molar-refractivity contribution in [1.29, 1.82) is 0 Å². The van der Waals surface area contributed by atoms with E-state index in [1.54, 1.807) is 23.6 Å². The van der Waals surface area contributed by atoms with E-state index in [1.807, 2.05) is 13.1 Å². The van der Waals surface area contributed by atoms with Gasteiger partial charge in [0.05, 0.1) is 6.54 Å². The molecule has 0 aliphatic rings. The highest BCUT2D eigenvalue weighted by Crippen LogP contribution is 2.20. The monoisotopic (exact) mass is 261 g/mol. The standard InChI is InChI=1S/C13H15N3OS/c1-9-3-4-11(18-9)8-16(2)10-5-6-15-12(7-10)13(14)17/h3-7H,8H2,1-2H3,(H2,14,17). The van der Waals surface area contributed by atoms with Gasteiger partial charge in [-0.05, 0) is 31.2 Å². The highest BCUT2D eigenvalue weighted by Gasteiger charge is 2.07. The number of thiophene rings is 1. The fourth-order valence-corrected chi connectivity index (χ4v) is 2.63. The molecular formula is C13H15N3OS. The summed E-state index contributed by atoms with van der Waals surface area (Å²) in [6, 6.07) is 7.80. The van der Waals surface area contributed by atoms with E-state index in [0.29, 0.717) is 5.69 Å². The zero-order valence-electron chi connectivity index (χ0n) is 10.4. The number of hydrogen-bond acceptors (Lipinski definition) is 4. The molecule has 0 saturated heterocycles. The van der Waals surface area contributed by atoms with Crippen molar-refractivity contribution in [3.63, 3.8) is 0 Å². The first-order chi connectivity index (χ1) is 8.56. The lowest BCUT2D eigenvalue weighted by Gasteiger charge is -2.18. The van der Waals surface area contributed by atoms with Crippen LogP contribution in [0.3, 0.4) is 0 Å². The van der Waals surface area contributed by atoms with Crippen LogP contribution in [-0.4, -0.2) is 17.9 Å². The van der Waals surface area contributed by atoms with Crippen LogP contribution in [0.25, 0.3) is 0 Å². The van der Waals surface area contributed by atoms with Crippen LogP contribution in [-0.2, 0) is 6.54 Å². The first kappa shape index (κ1) is 12.6. The van der Waals surface area contributed by atoms with Gasteiger partial charge in [-0.2, -0.15) is 0 Å². The van der Waals surface area contributed by atoms with Gasteiger partial charge in [0.15, 0.2) is 0 Å². The highest BCUT2D eigenvalue weighted by molar-refractivity contribution is 7.11. The Morgan fingerprint density at radius 2 is 2.22 bits per heavy atom. The van der Waals surface area contributed by atoms with Gasteiger partial charge in [-0.3, -0.25) is 9.78 Å². The highest BCUT2D eigenvalue weighted by atomic mass is 32.1. The number of anilines is 1. The van der Waals surface area contributed by atoms with E-state index in [2.05, 4.69) is 28.9 Å². The maximum Gasteiger partial charge on any atom is 0.267 e. The molecule has 0 aliphatic carbocycles. The molecule has 0 bridgehead atoms. The number of carbonyl (C=O) groups is 1. The smallest absolute Gasteiger partial charge is 0.267 e. The minimum Gasteiger partial charge on any atom is -0.369 e. The summed E-state index contributed by atoms with van der Waals surface area (Å²) in [5.74, 6) is -0.503. The molecule has 0 radical (unpaired) electrons. The van der Waals surface area contributed by atoms with Crippen molar-refractivity contribution >= 4 is 22.9 Å². The Hall–Kier alpha value is -1.88. The SMILES string of the molecule is Cc1ccc(CN(C)c2ccnc(C(N)=O)c2)s1. The second-order valence-electron chi connectivity index (χ2n) is 4.13. The Balaban J connectivity index is 2.15. The molecule has 0 saturated carbocycles. The molecule has 0 atom stereocenters. The predicted molar refractivity (Wildman–Crippen MR) is 73.9 cm³/mol. The largest absolute Gasteiger partial charge is 0.369 e. The van der Waals surface area contributed by atoms with Crippen LogP contribution < -0.4 is 10.6 Å². The van der Waals surface area contributed by atoms with Crippen LogP contribution in [0.2, 0.25) is 0 Å². The van der Waals surface area contributed by atoms with Gasteiger partial charge in [-0.15, -0.1) is 11.3 Å². The van der Waals surface area contributed by atoms with Gasteiger partial charge >= 0.3 is 0 Å². The van der Waals surface area contributed by atoms with Gasteiger partial charge < -0.3 is 10.6 Å². The van der Waals surface area contributed by atoms with E-state index < -0.39 is 5.91 Å². The maximum absolute atomic E-state index is 11.1. The molecule has 18 heavy (non-hydrogen) atoms. The Morgan fingerprint density at radius 1 is 1.44 bits per heavy atom. The normalized spacial score (nSPS) is 10.3. The number of hydrogen-bond donors (Lipinski definition) is 1. The van der Waals surface area contributed by atoms with E-state index in [9.17, 15) is 4.79 Å². The van der Waals surface area contributed by atoms with E-state index in [4.69, 9.17) is 5.73 Å². The minimum atomic E-state index is -0.503. The lowest BCUT2D eigenvalue weighted by atomic mass is 10.3. The molecule has 0 unspecified atom stereocenters. The quantitative estimate of drug-likeness (QED) is 0.917. The molecule has 0 spiro atoms. The van der Waals surface area contributed by atoms with Crippen LogP contribution in [0, 0.1) is 6.92 Å². The summed E-state index contributed by atoms with van der Waals surface area (Å²) in [5, 5.41) is 0. The van der Waals surface area contributed by atoms with Gasteiger partial charge in [-0.1, -0.05) is 0 Å². The van der Waals surface area contributed by atoms with Gasteiger partial charge in [0.1, 0.15) is 5.69 Å². The van der Waals surface area contributed by atoms with Crippen LogP contribution >= 0.6 is 11.3 Å². The molecule has 0 aromatic carbocycles. The Morgan fingerprint density at radius 3 is 2.83 bits per heavy atom. The number of carbonyl (C=O) groups excluding carboxylic acids is 1. The summed E-state index contributed by atoms with van der Waals surface area (Å²) in [6.45, 7) is 2.90. The second-order valence-corrected chi connectivity index (χ2v) is 5.50. The number of nitrogens with zero attached hydrogens (tertiary/aromatic N) is 2. The number of amides is 1. The summed E-state index contributed by atoms with van der Waals surface area (Å²) in [5.41, 5.74) is 6.45.